The van der Waals surface area contributed by atoms with Crippen LogP contribution in [0, 0.1) is 0 Å². The number of nitrogens with one attached hydrogen (secondary N) is 2. The number of aromatic nitrogens is 2. The van der Waals surface area contributed by atoms with Crippen molar-refractivity contribution in [2.45, 2.75) is 26.2 Å². The minimum absolute atomic E-state index is 0.0169. The van der Waals surface area contributed by atoms with Gasteiger partial charge in [0.05, 0.1) is 0 Å². The van der Waals surface area contributed by atoms with Crippen LogP contribution in [0.5, 0.6) is 0 Å². The summed E-state index contributed by atoms with van der Waals surface area (Å²) in [5.41, 5.74) is 1.15. The van der Waals surface area contributed by atoms with Crippen molar-refractivity contribution in [3.8, 4) is 0 Å². The second kappa shape index (κ2) is 7.87. The van der Waals surface area contributed by atoms with Gasteiger partial charge in [-0.05, 0) is 36.8 Å². The van der Waals surface area contributed by atoms with Crippen LogP contribution in [-0.4, -0.2) is 21.8 Å². The van der Waals surface area contributed by atoms with Gasteiger partial charge >= 0.3 is 0 Å². The number of carbonyl (C=O) groups is 2. The van der Waals surface area contributed by atoms with Crippen LogP contribution >= 0.6 is 0 Å². The molecule has 1 heterocycles. The molecule has 0 aliphatic carbocycles. The first-order valence-electron chi connectivity index (χ1n) is 7.17. The topological polar surface area (TPSA) is 84.0 Å². The Morgan fingerprint density at radius 1 is 1.05 bits per heavy atom. The third-order valence-corrected chi connectivity index (χ3v) is 2.98. The maximum Gasteiger partial charge on any atom is 0.258 e. The van der Waals surface area contributed by atoms with E-state index >= 15 is 0 Å². The fraction of sp³-hybridized carbons (Fsp3) is 0.250. The maximum absolute atomic E-state index is 12.0. The van der Waals surface area contributed by atoms with Crippen molar-refractivity contribution in [3.05, 3.63) is 48.3 Å². The van der Waals surface area contributed by atoms with E-state index in [0.29, 0.717) is 17.7 Å². The first kappa shape index (κ1) is 15.6. The smallest absolute Gasteiger partial charge is 0.258 e. The molecule has 2 aromatic rings. The number of rotatable bonds is 6. The van der Waals surface area contributed by atoms with Crippen LogP contribution in [-0.2, 0) is 4.79 Å². The highest BCUT2D eigenvalue weighted by Crippen LogP contribution is 2.11. The van der Waals surface area contributed by atoms with E-state index < -0.39 is 0 Å². The van der Waals surface area contributed by atoms with Gasteiger partial charge in [0, 0.05) is 30.1 Å². The normalized spacial score (nSPS) is 10.0. The molecular formula is C16H18N4O2. The number of amides is 2. The predicted octanol–water partition coefficient (Wildman–Crippen LogP) is 2.86. The van der Waals surface area contributed by atoms with E-state index in [1.54, 1.807) is 42.7 Å². The van der Waals surface area contributed by atoms with Gasteiger partial charge in [-0.3, -0.25) is 14.9 Å². The molecule has 0 unspecified atom stereocenters. The first-order chi connectivity index (χ1) is 10.7. The molecule has 1 aromatic heterocycles. The zero-order chi connectivity index (χ0) is 15.8. The number of nitrogens with zero attached hydrogens (tertiary/aromatic N) is 2. The molecule has 22 heavy (non-hydrogen) atoms. The van der Waals surface area contributed by atoms with Crippen molar-refractivity contribution in [1.82, 2.24) is 9.97 Å². The summed E-state index contributed by atoms with van der Waals surface area (Å²) in [6, 6.07) is 8.36. The van der Waals surface area contributed by atoms with Gasteiger partial charge in [-0.2, -0.15) is 0 Å². The number of hydrogen-bond donors (Lipinski definition) is 2. The molecule has 2 rings (SSSR count). The third kappa shape index (κ3) is 4.66. The summed E-state index contributed by atoms with van der Waals surface area (Å²) in [6.07, 6.45) is 5.46. The van der Waals surface area contributed by atoms with E-state index in [4.69, 9.17) is 0 Å². The van der Waals surface area contributed by atoms with Crippen LogP contribution in [0.1, 0.15) is 36.5 Å². The number of unbranched alkanes of at least 4 members (excludes halogenated alkanes) is 1. The van der Waals surface area contributed by atoms with Gasteiger partial charge in [-0.15, -0.1) is 0 Å². The lowest BCUT2D eigenvalue weighted by Gasteiger charge is -2.06. The Kier molecular flexibility index (Phi) is 5.59. The lowest BCUT2D eigenvalue weighted by atomic mass is 10.2. The van der Waals surface area contributed by atoms with E-state index in [1.165, 1.54) is 0 Å². The van der Waals surface area contributed by atoms with Gasteiger partial charge in [0.15, 0.2) is 0 Å². The average molecular weight is 298 g/mol. The molecule has 0 spiro atoms. The summed E-state index contributed by atoms with van der Waals surface area (Å²) in [4.78, 5) is 31.5. The van der Waals surface area contributed by atoms with Gasteiger partial charge in [0.25, 0.3) is 5.91 Å². The summed E-state index contributed by atoms with van der Waals surface area (Å²) in [5.74, 6) is -0.0590. The first-order valence-corrected chi connectivity index (χ1v) is 7.17. The van der Waals surface area contributed by atoms with Gasteiger partial charge in [-0.1, -0.05) is 13.3 Å². The molecule has 0 radical (unpaired) electrons. The van der Waals surface area contributed by atoms with Crippen LogP contribution in [0.25, 0.3) is 0 Å². The molecule has 0 atom stereocenters. The molecule has 0 aliphatic heterocycles. The Balaban J connectivity index is 1.93. The molecule has 2 amide bonds. The molecule has 0 aliphatic rings. The quantitative estimate of drug-likeness (QED) is 0.859. The Labute approximate surface area is 129 Å². The zero-order valence-electron chi connectivity index (χ0n) is 12.4. The van der Waals surface area contributed by atoms with Crippen LogP contribution in [0.3, 0.4) is 0 Å². The Hall–Kier alpha value is -2.76. The average Bonchev–Trinajstić information content (AvgIpc) is 2.54. The van der Waals surface area contributed by atoms with Crippen molar-refractivity contribution in [2.75, 3.05) is 10.6 Å². The molecule has 0 saturated carbocycles. The van der Waals surface area contributed by atoms with E-state index in [-0.39, 0.29) is 17.8 Å². The summed E-state index contributed by atoms with van der Waals surface area (Å²) < 4.78 is 0. The lowest BCUT2D eigenvalue weighted by molar-refractivity contribution is -0.116. The molecule has 1 aromatic carbocycles. The number of carbonyl (C=O) groups excluding carboxylic acids is 2. The highest BCUT2D eigenvalue weighted by Gasteiger charge is 2.08. The fourth-order valence-corrected chi connectivity index (χ4v) is 1.80. The number of anilines is 2. The molecule has 0 bridgehead atoms. The SMILES string of the molecule is CCCCC(=O)Nc1ccc(C(=O)Nc2ncccn2)cc1. The molecule has 114 valence electrons. The van der Waals surface area contributed by atoms with Crippen LogP contribution < -0.4 is 10.6 Å². The maximum atomic E-state index is 12.0. The van der Waals surface area contributed by atoms with Crippen molar-refractivity contribution in [3.63, 3.8) is 0 Å². The van der Waals surface area contributed by atoms with Gasteiger partial charge in [0.2, 0.25) is 11.9 Å². The minimum atomic E-state index is -0.296. The van der Waals surface area contributed by atoms with Crippen molar-refractivity contribution in [2.24, 2.45) is 0 Å². The third-order valence-electron chi connectivity index (χ3n) is 2.98. The number of hydrogen-bond acceptors (Lipinski definition) is 4. The highest BCUT2D eigenvalue weighted by atomic mass is 16.2. The van der Waals surface area contributed by atoms with Gasteiger partial charge < -0.3 is 5.32 Å². The van der Waals surface area contributed by atoms with Crippen molar-refractivity contribution < 1.29 is 9.59 Å². The van der Waals surface area contributed by atoms with E-state index in [2.05, 4.69) is 20.6 Å². The largest absolute Gasteiger partial charge is 0.326 e. The van der Waals surface area contributed by atoms with Crippen LogP contribution in [0.2, 0.25) is 0 Å². The number of benzene rings is 1. The van der Waals surface area contributed by atoms with E-state index in [1.807, 2.05) is 6.92 Å². The fourth-order valence-electron chi connectivity index (χ4n) is 1.80. The van der Waals surface area contributed by atoms with E-state index in [9.17, 15) is 9.59 Å². The second-order valence-electron chi connectivity index (χ2n) is 4.76. The molecule has 2 N–H and O–H groups in total. The lowest BCUT2D eigenvalue weighted by Crippen LogP contribution is -2.14. The summed E-state index contributed by atoms with van der Waals surface area (Å²) in [7, 11) is 0. The molecule has 0 saturated heterocycles. The predicted molar refractivity (Wildman–Crippen MR) is 84.6 cm³/mol. The van der Waals surface area contributed by atoms with Gasteiger partial charge in [0.1, 0.15) is 0 Å². The Bertz CT molecular complexity index is 626. The molecule has 0 fully saturated rings. The highest BCUT2D eigenvalue weighted by molar-refractivity contribution is 6.03. The monoisotopic (exact) mass is 298 g/mol. The van der Waals surface area contributed by atoms with Crippen LogP contribution in [0.4, 0.5) is 11.6 Å². The Morgan fingerprint density at radius 2 is 1.73 bits per heavy atom. The van der Waals surface area contributed by atoms with Crippen LogP contribution in [0.15, 0.2) is 42.7 Å². The summed E-state index contributed by atoms with van der Waals surface area (Å²) in [5, 5.41) is 5.40. The minimum Gasteiger partial charge on any atom is -0.326 e. The van der Waals surface area contributed by atoms with Gasteiger partial charge in [-0.25, -0.2) is 9.97 Å². The summed E-state index contributed by atoms with van der Waals surface area (Å²) >= 11 is 0. The molecule has 6 nitrogen and oxygen atoms in total. The zero-order valence-corrected chi connectivity index (χ0v) is 12.4. The standard InChI is InChI=1S/C16H18N4O2/c1-2-3-5-14(21)19-13-8-6-12(7-9-13)15(22)20-16-17-10-4-11-18-16/h4,6-11H,2-3,5H2,1H3,(H,19,21)(H,17,18,20,22). The Morgan fingerprint density at radius 3 is 2.36 bits per heavy atom. The second-order valence-corrected chi connectivity index (χ2v) is 4.76. The van der Waals surface area contributed by atoms with Crippen molar-refractivity contribution >= 4 is 23.5 Å². The van der Waals surface area contributed by atoms with Crippen molar-refractivity contribution in [1.29, 1.82) is 0 Å². The molecule has 6 heteroatoms. The van der Waals surface area contributed by atoms with E-state index in [0.717, 1.165) is 12.8 Å². The molecular weight excluding hydrogens is 280 g/mol. The summed E-state index contributed by atoms with van der Waals surface area (Å²) in [6.45, 7) is 2.04.